The summed E-state index contributed by atoms with van der Waals surface area (Å²) < 4.78 is 108. The highest BCUT2D eigenvalue weighted by Crippen LogP contribution is 2.63. The third-order valence-corrected chi connectivity index (χ3v) is 18.9. The summed E-state index contributed by atoms with van der Waals surface area (Å²) in [6, 6.07) is 0. The highest BCUT2D eigenvalue weighted by atomic mass is 31.3. The Bertz CT molecular complexity index is 3490. The summed E-state index contributed by atoms with van der Waals surface area (Å²) in [5.74, 6) is -1.66. The Morgan fingerprint density at radius 1 is 0.737 bits per heavy atom. The summed E-state index contributed by atoms with van der Waals surface area (Å²) in [6.07, 6.45) is -11.1. The number of ether oxygens (including phenoxy) is 5. The molecule has 38 nitrogen and oxygen atoms in total. The van der Waals surface area contributed by atoms with Gasteiger partial charge >= 0.3 is 36.6 Å². The van der Waals surface area contributed by atoms with Gasteiger partial charge in [-0.15, -0.1) is 4.86 Å². The molecule has 3 saturated heterocycles. The Balaban J connectivity index is 0.888. The molecule has 0 amide bonds. The van der Waals surface area contributed by atoms with Crippen LogP contribution in [-0.2, 0) is 66.9 Å². The lowest BCUT2D eigenvalue weighted by atomic mass is 9.99. The molecule has 0 aliphatic carbocycles. The van der Waals surface area contributed by atoms with Crippen molar-refractivity contribution in [2.75, 3.05) is 57.8 Å². The van der Waals surface area contributed by atoms with Crippen LogP contribution >= 0.6 is 30.9 Å². The van der Waals surface area contributed by atoms with Crippen molar-refractivity contribution >= 4 is 82.1 Å². The number of anilines is 3. The van der Waals surface area contributed by atoms with Crippen LogP contribution in [0.25, 0.3) is 33.5 Å². The van der Waals surface area contributed by atoms with E-state index in [1.54, 1.807) is 0 Å². The number of aliphatic hydroxyl groups excluding tert-OH is 3. The van der Waals surface area contributed by atoms with Crippen LogP contribution in [0.1, 0.15) is 18.7 Å². The molecular weight excluding hydrogens is 1110 g/mol. The standard InChI is InChI=1S/C34H48N16O22P4/c1-47-11-50(27-18(47)29(55)45-34(37)43-27)30-19(51)12(4-64-2)13(69-30)5-67-74(58,59)46-75(60,61)72-76(62,63)68-7-15-23(22(65-3)32(71-15)48-9-40-16-24(35)38-8-39-25(16)48)73(56,57)66-6-14-20(52)21(53)31(70-14)49-10-41-17-26(49)42-33(36)44-28(17)54/h8-15,19-23,30-32,51-53H,4-7H2,1-3H3,(H12-,35,36,37,38,39,42,43,44,45,46,54,55,56,57,58,59,60,61,62,63)/p+1/t12-,13-,14-,15?,19-,20-,21-,22-,23-,30-,31-,32-/m1/s1. The number of aromatic nitrogens is 12. The molecule has 3 aliphatic rings. The lowest BCUT2D eigenvalue weighted by molar-refractivity contribution is -0.745. The summed E-state index contributed by atoms with van der Waals surface area (Å²) in [6.45, 7) is -3.34. The number of nitrogens with zero attached hydrogens (tertiary/aromatic N) is 10. The van der Waals surface area contributed by atoms with Crippen molar-refractivity contribution in [1.82, 2.24) is 58.4 Å². The van der Waals surface area contributed by atoms with Crippen molar-refractivity contribution < 1.29 is 99.3 Å². The molecule has 0 bridgehead atoms. The van der Waals surface area contributed by atoms with Gasteiger partial charge in [-0.1, -0.05) is 4.98 Å². The lowest BCUT2D eigenvalue weighted by Gasteiger charge is -2.28. The first kappa shape index (κ1) is 55.6. The van der Waals surface area contributed by atoms with Gasteiger partial charge < -0.3 is 80.3 Å². The number of aliphatic hydroxyl groups is 3. The first-order valence-corrected chi connectivity index (χ1v) is 28.2. The molecule has 16 atom stereocenters. The van der Waals surface area contributed by atoms with Crippen LogP contribution in [0.15, 0.2) is 34.9 Å². The van der Waals surface area contributed by atoms with Crippen molar-refractivity contribution in [2.24, 2.45) is 13.0 Å². The number of methoxy groups -OCH3 is 2. The third-order valence-electron chi connectivity index (χ3n) is 12.3. The van der Waals surface area contributed by atoms with E-state index in [0.717, 1.165) is 30.7 Å². The first-order valence-electron chi connectivity index (χ1n) is 21.9. The Kier molecular flexibility index (Phi) is 15.3. The highest BCUT2D eigenvalue weighted by Gasteiger charge is 2.58. The molecule has 3 aliphatic heterocycles. The Morgan fingerprint density at radius 3 is 2.09 bits per heavy atom. The predicted octanol–water partition coefficient (Wildman–Crippen LogP) is -4.17. The number of aryl methyl sites for hydroxylation is 1. The molecule has 6 aromatic heterocycles. The zero-order valence-corrected chi connectivity index (χ0v) is 42.9. The van der Waals surface area contributed by atoms with Crippen molar-refractivity contribution in [3.63, 3.8) is 0 Å². The monoisotopic (exact) mass is 1160 g/mol. The Hall–Kier alpha value is -5.11. The molecule has 76 heavy (non-hydrogen) atoms. The van der Waals surface area contributed by atoms with Crippen LogP contribution in [0.4, 0.5) is 17.7 Å². The van der Waals surface area contributed by atoms with Gasteiger partial charge in [0.05, 0.1) is 52.2 Å². The summed E-state index contributed by atoms with van der Waals surface area (Å²) in [5, 5.41) is 33.3. The minimum atomic E-state index is -5.94. The van der Waals surface area contributed by atoms with Gasteiger partial charge in [0.15, 0.2) is 41.4 Å². The first-order chi connectivity index (χ1) is 35.7. The highest BCUT2D eigenvalue weighted by molar-refractivity contribution is 7.71. The number of phosphoric acid groups is 1. The molecule has 6 aromatic rings. The van der Waals surface area contributed by atoms with E-state index in [4.69, 9.17) is 54.5 Å². The van der Waals surface area contributed by atoms with Crippen LogP contribution in [0.5, 0.6) is 0 Å². The number of H-pyrrole nitrogens is 2. The number of fused-ring (bicyclic) bond motifs is 3. The second kappa shape index (κ2) is 20.9. The average molecular weight is 1160 g/mol. The van der Waals surface area contributed by atoms with E-state index in [1.165, 1.54) is 39.0 Å². The molecule has 9 heterocycles. The van der Waals surface area contributed by atoms with Crippen LogP contribution < -0.4 is 37.7 Å². The molecule has 16 N–H and O–H groups in total. The molecule has 9 rings (SSSR count). The molecule has 416 valence electrons. The van der Waals surface area contributed by atoms with Crippen LogP contribution in [0.3, 0.4) is 0 Å². The number of rotatable bonds is 20. The molecule has 0 aromatic carbocycles. The van der Waals surface area contributed by atoms with E-state index in [0.29, 0.717) is 0 Å². The van der Waals surface area contributed by atoms with Gasteiger partial charge in [-0.25, -0.2) is 38.2 Å². The number of nitrogens with two attached hydrogens (primary N) is 3. The van der Waals surface area contributed by atoms with Gasteiger partial charge in [0, 0.05) is 20.1 Å². The molecular formula is C34H49N16O22P4+. The zero-order valence-electron chi connectivity index (χ0n) is 39.3. The molecule has 0 radical (unpaired) electrons. The van der Waals surface area contributed by atoms with Crippen LogP contribution in [-0.4, -0.2) is 178 Å². The number of imidazole rings is 3. The topological polar surface area (TPSA) is 545 Å². The number of aromatic amines is 2. The predicted molar refractivity (Wildman–Crippen MR) is 249 cm³/mol. The number of nitrogens with one attached hydrogen (secondary N) is 3. The molecule has 0 saturated carbocycles. The summed E-state index contributed by atoms with van der Waals surface area (Å²) in [4.78, 5) is 98.7. The van der Waals surface area contributed by atoms with Crippen molar-refractivity contribution in [2.45, 2.75) is 67.1 Å². The summed E-state index contributed by atoms with van der Waals surface area (Å²) in [5.41, 5.74) is 13.8. The van der Waals surface area contributed by atoms with Crippen molar-refractivity contribution in [3.8, 4) is 0 Å². The van der Waals surface area contributed by atoms with E-state index in [9.17, 15) is 62.7 Å². The van der Waals surface area contributed by atoms with E-state index in [1.807, 2.05) is 0 Å². The van der Waals surface area contributed by atoms with Gasteiger partial charge in [-0.05, 0) is 0 Å². The molecule has 0 spiro atoms. The minimum absolute atomic E-state index is 0.00726. The molecule has 42 heteroatoms. The Morgan fingerprint density at radius 2 is 1.38 bits per heavy atom. The van der Waals surface area contributed by atoms with Crippen LogP contribution in [0.2, 0.25) is 0 Å². The van der Waals surface area contributed by atoms with Crippen LogP contribution in [0, 0.1) is 5.92 Å². The second-order valence-electron chi connectivity index (χ2n) is 17.2. The number of hydrogen-bond donors (Lipinski definition) is 13. The van der Waals surface area contributed by atoms with Gasteiger partial charge in [-0.2, -0.15) is 9.29 Å². The average Bonchev–Trinajstić information content (AvgIpc) is 4.21. The quantitative estimate of drug-likeness (QED) is 0.0255. The zero-order chi connectivity index (χ0) is 55.0. The van der Waals surface area contributed by atoms with Crippen molar-refractivity contribution in [3.05, 3.63) is 46.0 Å². The summed E-state index contributed by atoms with van der Waals surface area (Å²) >= 11 is 0. The Labute approximate surface area is 422 Å². The number of nitrogen functional groups attached to an aromatic ring is 3. The third kappa shape index (κ3) is 10.7. The van der Waals surface area contributed by atoms with Gasteiger partial charge in [0.2, 0.25) is 17.7 Å². The normalized spacial score (nSPS) is 30.2. The van der Waals surface area contributed by atoms with E-state index in [2.05, 4.69) is 44.2 Å². The fourth-order valence-electron chi connectivity index (χ4n) is 9.03. The minimum Gasteiger partial charge on any atom is -0.387 e. The van der Waals surface area contributed by atoms with E-state index >= 15 is 0 Å². The summed E-state index contributed by atoms with van der Waals surface area (Å²) in [7, 11) is -18.8. The molecule has 3 fully saturated rings. The van der Waals surface area contributed by atoms with E-state index in [-0.39, 0.29) is 57.8 Å². The maximum absolute atomic E-state index is 14.4. The largest absolute Gasteiger partial charge is 0.480 e. The van der Waals surface area contributed by atoms with Gasteiger partial charge in [-0.3, -0.25) is 46.9 Å². The van der Waals surface area contributed by atoms with Gasteiger partial charge in [0.1, 0.15) is 54.1 Å². The van der Waals surface area contributed by atoms with E-state index < -0.39 is 135 Å². The maximum Gasteiger partial charge on any atom is 0.480 e. The second-order valence-corrected chi connectivity index (χ2v) is 24.2. The fraction of sp³-hybridized carbons (Fsp3) is 0.559. The number of hydrogen-bond acceptors (Lipinski definition) is 27. The SMILES string of the molecule is COC[C@H]1[C@@H](O)[C@H]([n+]2cn(C)c3c(=O)[nH]c(N)nc32)O[C@@H]1COP(=O)(O)NP(=O)(O)OP(=O)(O)OCC1O[C@@H](n2cnc3c(N)ncnc32)[C@H](OC)[C@@H]1P(=O)(O)OC[C@H]1O[C@@H](n2cnc3c(=O)[nH]c(N)nc32)[C@H](O)[C@@H]1O. The molecule has 5 unspecified atom stereocenters. The fourth-order valence-corrected chi connectivity index (χ4v) is 14.8. The van der Waals surface area contributed by atoms with Gasteiger partial charge in [0.25, 0.3) is 17.1 Å². The number of phosphoric ester groups is 1. The maximum atomic E-state index is 14.4. The lowest BCUT2D eigenvalue weighted by Crippen LogP contribution is -2.45. The van der Waals surface area contributed by atoms with Crippen molar-refractivity contribution in [1.29, 1.82) is 0 Å². The smallest absolute Gasteiger partial charge is 0.387 e.